The molecule has 0 aliphatic carbocycles. The van der Waals surface area contributed by atoms with Crippen molar-refractivity contribution in [2.45, 2.75) is 31.7 Å². The molecule has 2 aromatic rings. The second-order valence-electron chi connectivity index (χ2n) is 8.25. The number of aromatic amines is 1. The third-order valence-corrected chi connectivity index (χ3v) is 6.27. The molecule has 156 valence electrons. The zero-order valence-corrected chi connectivity index (χ0v) is 17.0. The summed E-state index contributed by atoms with van der Waals surface area (Å²) < 4.78 is 13.8. The summed E-state index contributed by atoms with van der Waals surface area (Å²) in [5.74, 6) is 0.495. The summed E-state index contributed by atoms with van der Waals surface area (Å²) in [6.07, 6.45) is 5.44. The van der Waals surface area contributed by atoms with Crippen LogP contribution in [0.15, 0.2) is 30.6 Å². The number of hydrogen-bond donors (Lipinski definition) is 2. The minimum atomic E-state index is -0.337. The van der Waals surface area contributed by atoms with Crippen LogP contribution in [0.5, 0.6) is 0 Å². The van der Waals surface area contributed by atoms with Gasteiger partial charge in [-0.25, -0.2) is 9.37 Å². The quantitative estimate of drug-likeness (QED) is 0.781. The average Bonchev–Trinajstić information content (AvgIpc) is 3.22. The predicted octanol–water partition coefficient (Wildman–Crippen LogP) is 2.15. The second-order valence-corrected chi connectivity index (χ2v) is 8.25. The highest BCUT2D eigenvalue weighted by atomic mass is 19.1. The molecule has 7 heteroatoms. The van der Waals surface area contributed by atoms with Gasteiger partial charge in [-0.15, -0.1) is 0 Å². The summed E-state index contributed by atoms with van der Waals surface area (Å²) >= 11 is 0. The van der Waals surface area contributed by atoms with Gasteiger partial charge in [0.05, 0.1) is 12.0 Å². The number of likely N-dealkylation sites (tertiary alicyclic amines) is 1. The summed E-state index contributed by atoms with van der Waals surface area (Å²) in [5, 5.41) is 3.31. The lowest BCUT2D eigenvalue weighted by molar-refractivity contribution is -0.133. The van der Waals surface area contributed by atoms with Crippen LogP contribution in [0.1, 0.15) is 35.8 Å². The van der Waals surface area contributed by atoms with Crippen LogP contribution >= 0.6 is 0 Å². The number of imidazole rings is 1. The maximum Gasteiger partial charge on any atom is 0.245 e. The molecule has 0 saturated carbocycles. The first kappa shape index (κ1) is 20.0. The number of aromatic nitrogens is 2. The Morgan fingerprint density at radius 2 is 2.10 bits per heavy atom. The molecule has 1 amide bonds. The highest BCUT2D eigenvalue weighted by Crippen LogP contribution is 2.23. The maximum atomic E-state index is 13.8. The van der Waals surface area contributed by atoms with E-state index < -0.39 is 0 Å². The Kier molecular flexibility index (Phi) is 6.25. The summed E-state index contributed by atoms with van der Waals surface area (Å²) in [7, 11) is 1.90. The first-order chi connectivity index (χ1) is 14.1. The lowest BCUT2D eigenvalue weighted by Gasteiger charge is -2.35. The molecule has 1 atom stereocenters. The number of benzene rings is 1. The van der Waals surface area contributed by atoms with Crippen LogP contribution in [0.25, 0.3) is 0 Å². The molecule has 29 heavy (non-hydrogen) atoms. The summed E-state index contributed by atoms with van der Waals surface area (Å²) in [6.45, 7) is 4.47. The molecule has 2 N–H and O–H groups in total. The highest BCUT2D eigenvalue weighted by molar-refractivity contribution is 5.83. The van der Waals surface area contributed by atoms with Gasteiger partial charge in [0, 0.05) is 38.8 Å². The minimum Gasteiger partial charge on any atom is -0.348 e. The van der Waals surface area contributed by atoms with E-state index in [-0.39, 0.29) is 17.8 Å². The Labute approximate surface area is 171 Å². The Bertz CT molecular complexity index is 830. The molecule has 3 heterocycles. The summed E-state index contributed by atoms with van der Waals surface area (Å²) in [5.41, 5.74) is 2.70. The smallest absolute Gasteiger partial charge is 0.245 e. The van der Waals surface area contributed by atoms with E-state index in [2.05, 4.69) is 20.2 Å². The highest BCUT2D eigenvalue weighted by Gasteiger charge is 2.31. The topological polar surface area (TPSA) is 64.3 Å². The Balaban J connectivity index is 1.23. The van der Waals surface area contributed by atoms with Gasteiger partial charge in [0.2, 0.25) is 5.91 Å². The number of fused-ring (bicyclic) bond motifs is 1. The minimum absolute atomic E-state index is 0.0973. The van der Waals surface area contributed by atoms with Crippen LogP contribution in [-0.4, -0.2) is 65.4 Å². The molecule has 0 radical (unpaired) electrons. The fourth-order valence-corrected chi connectivity index (χ4v) is 4.49. The van der Waals surface area contributed by atoms with E-state index in [0.717, 1.165) is 75.4 Å². The normalized spacial score (nSPS) is 20.4. The third-order valence-electron chi connectivity index (χ3n) is 6.27. The van der Waals surface area contributed by atoms with E-state index >= 15 is 0 Å². The van der Waals surface area contributed by atoms with Gasteiger partial charge in [-0.3, -0.25) is 4.79 Å². The third kappa shape index (κ3) is 4.67. The lowest BCUT2D eigenvalue weighted by atomic mass is 9.95. The Morgan fingerprint density at radius 1 is 1.31 bits per heavy atom. The van der Waals surface area contributed by atoms with Crippen molar-refractivity contribution < 1.29 is 9.18 Å². The van der Waals surface area contributed by atoms with E-state index in [1.807, 2.05) is 24.1 Å². The first-order valence-electron chi connectivity index (χ1n) is 10.6. The van der Waals surface area contributed by atoms with E-state index in [4.69, 9.17) is 0 Å². The monoisotopic (exact) mass is 399 g/mol. The molecule has 0 unspecified atom stereocenters. The number of nitrogens with zero attached hydrogens (tertiary/aromatic N) is 3. The van der Waals surface area contributed by atoms with Gasteiger partial charge in [-0.1, -0.05) is 18.2 Å². The van der Waals surface area contributed by atoms with E-state index in [1.165, 1.54) is 6.07 Å². The molecule has 4 rings (SSSR count). The van der Waals surface area contributed by atoms with Crippen molar-refractivity contribution in [3.63, 3.8) is 0 Å². The summed E-state index contributed by atoms with van der Waals surface area (Å²) in [6, 6.07) is 6.69. The zero-order valence-electron chi connectivity index (χ0n) is 17.0. The maximum absolute atomic E-state index is 13.8. The molecule has 1 saturated heterocycles. The molecule has 1 fully saturated rings. The molecule has 6 nitrogen and oxygen atoms in total. The number of piperidine rings is 1. The number of H-pyrrole nitrogens is 1. The first-order valence-corrected chi connectivity index (χ1v) is 10.6. The number of nitrogens with one attached hydrogen (secondary N) is 2. The number of carbonyl (C=O) groups is 1. The SMILES string of the molecule is CN(CC1CCN(CCc2ccccc2F)CC1)C(=O)[C@@H]1NCCc2[nH]cnc21. The van der Waals surface area contributed by atoms with Crippen LogP contribution in [0.3, 0.4) is 0 Å². The Hall–Kier alpha value is -2.25. The van der Waals surface area contributed by atoms with Gasteiger partial charge in [0.25, 0.3) is 0 Å². The van der Waals surface area contributed by atoms with Gasteiger partial charge in [-0.2, -0.15) is 0 Å². The molecule has 1 aromatic carbocycles. The summed E-state index contributed by atoms with van der Waals surface area (Å²) in [4.78, 5) is 24.7. The number of hydrogen-bond acceptors (Lipinski definition) is 4. The van der Waals surface area contributed by atoms with E-state index in [0.29, 0.717) is 5.92 Å². The average molecular weight is 400 g/mol. The van der Waals surface area contributed by atoms with Crippen molar-refractivity contribution in [3.8, 4) is 0 Å². The van der Waals surface area contributed by atoms with E-state index in [1.54, 1.807) is 12.4 Å². The lowest BCUT2D eigenvalue weighted by Crippen LogP contribution is -2.45. The van der Waals surface area contributed by atoms with Gasteiger partial charge in [0.15, 0.2) is 0 Å². The molecule has 0 spiro atoms. The Morgan fingerprint density at radius 3 is 2.90 bits per heavy atom. The van der Waals surface area contributed by atoms with E-state index in [9.17, 15) is 9.18 Å². The largest absolute Gasteiger partial charge is 0.348 e. The number of rotatable bonds is 6. The number of amides is 1. The molecular formula is C22H30FN5O. The van der Waals surface area contributed by atoms with Crippen LogP contribution in [0.4, 0.5) is 4.39 Å². The van der Waals surface area contributed by atoms with Crippen LogP contribution in [0.2, 0.25) is 0 Å². The van der Waals surface area contributed by atoms with Crippen molar-refractivity contribution >= 4 is 5.91 Å². The fraction of sp³-hybridized carbons (Fsp3) is 0.545. The van der Waals surface area contributed by atoms with Gasteiger partial charge < -0.3 is 20.1 Å². The molecular weight excluding hydrogens is 369 g/mol. The van der Waals surface area contributed by atoms with Crippen molar-refractivity contribution in [3.05, 3.63) is 53.4 Å². The fourth-order valence-electron chi connectivity index (χ4n) is 4.49. The molecule has 0 bridgehead atoms. The van der Waals surface area contributed by atoms with Crippen LogP contribution < -0.4 is 5.32 Å². The van der Waals surface area contributed by atoms with Crippen LogP contribution in [-0.2, 0) is 17.6 Å². The van der Waals surface area contributed by atoms with Crippen LogP contribution in [0, 0.1) is 11.7 Å². The van der Waals surface area contributed by atoms with Gasteiger partial charge >= 0.3 is 0 Å². The number of carbonyl (C=O) groups excluding carboxylic acids is 1. The molecule has 1 aromatic heterocycles. The van der Waals surface area contributed by atoms with Gasteiger partial charge in [0.1, 0.15) is 11.9 Å². The molecule has 2 aliphatic rings. The standard InChI is InChI=1S/C22H30FN5O/c1-27(22(29)21-20-19(6-10-24-21)25-15-26-20)14-16-7-11-28(12-8-16)13-9-17-4-2-3-5-18(17)23/h2-5,15-16,21,24H,6-14H2,1H3,(H,25,26)/t21-/m1/s1. The number of halogens is 1. The van der Waals surface area contributed by atoms with Crippen molar-refractivity contribution in [1.82, 2.24) is 25.1 Å². The van der Waals surface area contributed by atoms with Gasteiger partial charge in [-0.05, 0) is 49.9 Å². The zero-order chi connectivity index (χ0) is 20.2. The van der Waals surface area contributed by atoms with Crippen molar-refractivity contribution in [1.29, 1.82) is 0 Å². The second kappa shape index (κ2) is 9.05. The number of likely N-dealkylation sites (N-methyl/N-ethyl adjacent to an activating group) is 1. The van der Waals surface area contributed by atoms with Crippen molar-refractivity contribution in [2.75, 3.05) is 39.8 Å². The predicted molar refractivity (Wildman–Crippen MR) is 110 cm³/mol. The van der Waals surface area contributed by atoms with Crippen molar-refractivity contribution in [2.24, 2.45) is 5.92 Å². The molecule has 2 aliphatic heterocycles.